The van der Waals surface area contributed by atoms with Crippen LogP contribution in [0.4, 0.5) is 13.2 Å². The Bertz CT molecular complexity index is 308. The Labute approximate surface area is 104 Å². The third kappa shape index (κ3) is 10.8. The van der Waals surface area contributed by atoms with Crippen molar-refractivity contribution in [1.29, 1.82) is 0 Å². The third-order valence-electron chi connectivity index (χ3n) is 1.60. The second-order valence-corrected chi connectivity index (χ2v) is 5.76. The maximum atomic E-state index is 11.7. The van der Waals surface area contributed by atoms with Crippen LogP contribution in [-0.4, -0.2) is 46.0 Å². The van der Waals surface area contributed by atoms with Gasteiger partial charge in [-0.15, -0.1) is 11.6 Å². The topological polar surface area (TPSA) is 55.4 Å². The number of hydrogen-bond acceptors (Lipinski definition) is 3. The average molecular weight is 298 g/mol. The van der Waals surface area contributed by atoms with Crippen LogP contribution in [-0.2, 0) is 14.8 Å². The number of hydrogen-bond donors (Lipinski definition) is 1. The summed E-state index contributed by atoms with van der Waals surface area (Å²) in [6.45, 7) is -0.236. The zero-order valence-corrected chi connectivity index (χ0v) is 10.8. The zero-order valence-electron chi connectivity index (χ0n) is 9.26. The highest BCUT2D eigenvalue weighted by atomic mass is 35.5. The molecule has 0 aliphatic carbocycles. The van der Waals surface area contributed by atoms with E-state index in [-0.39, 0.29) is 30.7 Å². The number of nitrogens with one attached hydrogen (secondary N) is 1. The fourth-order valence-electron chi connectivity index (χ4n) is 0.935. The molecule has 0 amide bonds. The van der Waals surface area contributed by atoms with Crippen molar-refractivity contribution in [3.8, 4) is 0 Å². The first kappa shape index (κ1) is 16.9. The molecule has 0 saturated carbocycles. The van der Waals surface area contributed by atoms with Crippen molar-refractivity contribution in [2.45, 2.75) is 13.1 Å². The molecule has 1 atom stereocenters. The van der Waals surface area contributed by atoms with E-state index in [0.717, 1.165) is 0 Å². The summed E-state index contributed by atoms with van der Waals surface area (Å²) in [4.78, 5) is 0. The zero-order chi connectivity index (χ0) is 13.5. The minimum atomic E-state index is -4.40. The van der Waals surface area contributed by atoms with Crippen LogP contribution in [0.2, 0.25) is 0 Å². The summed E-state index contributed by atoms with van der Waals surface area (Å²) < 4.78 is 64.0. The summed E-state index contributed by atoms with van der Waals surface area (Å²) in [6.07, 6.45) is -4.40. The molecule has 0 bridgehead atoms. The van der Waals surface area contributed by atoms with Gasteiger partial charge in [0.2, 0.25) is 10.0 Å². The molecular formula is C8H15ClF3NO3S. The smallest absolute Gasteiger partial charge is 0.371 e. The molecular weight excluding hydrogens is 283 g/mol. The molecule has 1 unspecified atom stereocenters. The van der Waals surface area contributed by atoms with E-state index in [0.29, 0.717) is 0 Å². The Morgan fingerprint density at radius 1 is 1.41 bits per heavy atom. The Morgan fingerprint density at radius 2 is 2.00 bits per heavy atom. The number of halogens is 4. The lowest BCUT2D eigenvalue weighted by Crippen LogP contribution is -2.32. The lowest BCUT2D eigenvalue weighted by Gasteiger charge is -2.11. The number of rotatable bonds is 8. The molecule has 0 radical (unpaired) electrons. The summed E-state index contributed by atoms with van der Waals surface area (Å²) in [6, 6.07) is 0. The van der Waals surface area contributed by atoms with Crippen LogP contribution in [0.25, 0.3) is 0 Å². The van der Waals surface area contributed by atoms with Crippen LogP contribution in [0, 0.1) is 5.92 Å². The van der Waals surface area contributed by atoms with Gasteiger partial charge in [-0.3, -0.25) is 0 Å². The Balaban J connectivity index is 3.74. The van der Waals surface area contributed by atoms with Gasteiger partial charge in [-0.25, -0.2) is 13.1 Å². The molecule has 0 rings (SSSR count). The molecule has 0 fully saturated rings. The van der Waals surface area contributed by atoms with Gasteiger partial charge in [0.25, 0.3) is 0 Å². The minimum Gasteiger partial charge on any atom is -0.371 e. The molecule has 17 heavy (non-hydrogen) atoms. The Kier molecular flexibility index (Phi) is 7.38. The van der Waals surface area contributed by atoms with Crippen molar-refractivity contribution in [3.05, 3.63) is 0 Å². The fraction of sp³-hybridized carbons (Fsp3) is 1.00. The van der Waals surface area contributed by atoms with Gasteiger partial charge in [-0.2, -0.15) is 13.2 Å². The van der Waals surface area contributed by atoms with E-state index in [1.54, 1.807) is 6.92 Å². The molecule has 4 nitrogen and oxygen atoms in total. The van der Waals surface area contributed by atoms with Gasteiger partial charge < -0.3 is 4.74 Å². The van der Waals surface area contributed by atoms with Crippen LogP contribution < -0.4 is 4.72 Å². The third-order valence-corrected chi connectivity index (χ3v) is 3.78. The summed E-state index contributed by atoms with van der Waals surface area (Å²) >= 11 is 5.45. The molecule has 9 heteroatoms. The highest BCUT2D eigenvalue weighted by molar-refractivity contribution is 7.89. The SMILES string of the molecule is CC(CCl)CS(=O)(=O)NCCOCC(F)(F)F. The lowest BCUT2D eigenvalue weighted by molar-refractivity contribution is -0.173. The van der Waals surface area contributed by atoms with Gasteiger partial charge in [0, 0.05) is 12.4 Å². The van der Waals surface area contributed by atoms with Crippen molar-refractivity contribution in [2.75, 3.05) is 31.4 Å². The van der Waals surface area contributed by atoms with Crippen molar-refractivity contribution < 1.29 is 26.3 Å². The van der Waals surface area contributed by atoms with Gasteiger partial charge >= 0.3 is 6.18 Å². The molecule has 0 aliphatic heterocycles. The van der Waals surface area contributed by atoms with Gasteiger partial charge in [0.05, 0.1) is 12.4 Å². The molecule has 104 valence electrons. The van der Waals surface area contributed by atoms with Crippen LogP contribution >= 0.6 is 11.6 Å². The minimum absolute atomic E-state index is 0.157. The van der Waals surface area contributed by atoms with Crippen molar-refractivity contribution in [2.24, 2.45) is 5.92 Å². The molecule has 0 saturated heterocycles. The van der Waals surface area contributed by atoms with Crippen LogP contribution in [0.1, 0.15) is 6.92 Å². The van der Waals surface area contributed by atoms with Gasteiger partial charge in [-0.05, 0) is 5.92 Å². The predicted octanol–water partition coefficient (Wildman–Crippen LogP) is 1.36. The van der Waals surface area contributed by atoms with Crippen LogP contribution in [0.5, 0.6) is 0 Å². The summed E-state index contributed by atoms with van der Waals surface area (Å²) in [5.74, 6) is -0.174. The first-order valence-electron chi connectivity index (χ1n) is 4.84. The Morgan fingerprint density at radius 3 is 2.47 bits per heavy atom. The largest absolute Gasteiger partial charge is 0.411 e. The van der Waals surface area contributed by atoms with Gasteiger partial charge in [0.15, 0.2) is 0 Å². The number of ether oxygens (including phenoxy) is 1. The summed E-state index contributed by atoms with van der Waals surface area (Å²) in [5.41, 5.74) is 0. The molecule has 0 aliphatic rings. The second-order valence-electron chi connectivity index (χ2n) is 3.60. The average Bonchev–Trinajstić information content (AvgIpc) is 2.14. The quantitative estimate of drug-likeness (QED) is 0.544. The maximum Gasteiger partial charge on any atom is 0.411 e. The van der Waals surface area contributed by atoms with E-state index >= 15 is 0 Å². The van der Waals surface area contributed by atoms with Gasteiger partial charge in [0.1, 0.15) is 6.61 Å². The molecule has 0 aromatic carbocycles. The lowest BCUT2D eigenvalue weighted by atomic mass is 10.3. The van der Waals surface area contributed by atoms with Crippen molar-refractivity contribution in [1.82, 2.24) is 4.72 Å². The standard InChI is InChI=1S/C8H15ClF3NO3S/c1-7(4-9)5-17(14,15)13-2-3-16-6-8(10,11)12/h7,13H,2-6H2,1H3. The van der Waals surface area contributed by atoms with E-state index in [1.807, 2.05) is 0 Å². The summed E-state index contributed by atoms with van der Waals surface area (Å²) in [5, 5.41) is 0. The predicted molar refractivity (Wildman–Crippen MR) is 58.5 cm³/mol. The van der Waals surface area contributed by atoms with E-state index in [9.17, 15) is 21.6 Å². The first-order chi connectivity index (χ1) is 7.66. The second kappa shape index (κ2) is 7.40. The van der Waals surface area contributed by atoms with Crippen LogP contribution in [0.3, 0.4) is 0 Å². The van der Waals surface area contributed by atoms with Gasteiger partial charge in [-0.1, -0.05) is 6.92 Å². The normalized spacial score (nSPS) is 14.9. The number of alkyl halides is 4. The number of sulfonamides is 1. The molecule has 0 aromatic rings. The highest BCUT2D eigenvalue weighted by Crippen LogP contribution is 2.13. The monoisotopic (exact) mass is 297 g/mol. The summed E-state index contributed by atoms with van der Waals surface area (Å²) in [7, 11) is -3.50. The molecule has 1 N–H and O–H groups in total. The fourth-order valence-corrected chi connectivity index (χ4v) is 2.55. The Hall–Kier alpha value is -0.0500. The van der Waals surface area contributed by atoms with E-state index in [2.05, 4.69) is 9.46 Å². The van der Waals surface area contributed by atoms with E-state index < -0.39 is 22.8 Å². The molecule has 0 spiro atoms. The first-order valence-corrected chi connectivity index (χ1v) is 7.03. The highest BCUT2D eigenvalue weighted by Gasteiger charge is 2.27. The molecule has 0 aromatic heterocycles. The van der Waals surface area contributed by atoms with Crippen molar-refractivity contribution >= 4 is 21.6 Å². The van der Waals surface area contributed by atoms with Crippen molar-refractivity contribution in [3.63, 3.8) is 0 Å². The molecule has 0 heterocycles. The maximum absolute atomic E-state index is 11.7. The van der Waals surface area contributed by atoms with Crippen LogP contribution in [0.15, 0.2) is 0 Å². The van der Waals surface area contributed by atoms with E-state index in [1.165, 1.54) is 0 Å². The van der Waals surface area contributed by atoms with E-state index in [4.69, 9.17) is 11.6 Å².